The molecule has 1 aliphatic heterocycles. The van der Waals surface area contributed by atoms with Crippen LogP contribution in [0.4, 0.5) is 0 Å². The number of piperidine rings is 1. The molecule has 0 amide bonds. The lowest BCUT2D eigenvalue weighted by Crippen LogP contribution is -2.61. The third-order valence-corrected chi connectivity index (χ3v) is 3.79. The maximum Gasteiger partial charge on any atom is 0.327 e. The molecule has 0 spiro atoms. The van der Waals surface area contributed by atoms with E-state index < -0.39 is 5.54 Å². The summed E-state index contributed by atoms with van der Waals surface area (Å²) in [7, 11) is 0. The SMILES string of the molecule is CCOC(=O)C(C)(CN1CCCCC1C)NC(C)C. The van der Waals surface area contributed by atoms with Crippen molar-refractivity contribution in [3.05, 3.63) is 0 Å². The molecular weight excluding hydrogens is 240 g/mol. The van der Waals surface area contributed by atoms with E-state index in [0.717, 1.165) is 13.1 Å². The number of likely N-dealkylation sites (tertiary alicyclic amines) is 1. The largest absolute Gasteiger partial charge is 0.465 e. The maximum absolute atomic E-state index is 12.3. The van der Waals surface area contributed by atoms with Gasteiger partial charge in [0.2, 0.25) is 0 Å². The molecule has 2 atom stereocenters. The standard InChI is InChI=1S/C15H30N2O2/c1-6-19-14(18)15(5,16-12(2)3)11-17-10-8-7-9-13(17)4/h12-13,16H,6-11H2,1-5H3. The summed E-state index contributed by atoms with van der Waals surface area (Å²) in [6, 6.07) is 0.811. The molecule has 19 heavy (non-hydrogen) atoms. The van der Waals surface area contributed by atoms with Gasteiger partial charge in [0, 0.05) is 18.6 Å². The van der Waals surface area contributed by atoms with Gasteiger partial charge in [-0.05, 0) is 54.0 Å². The Morgan fingerprint density at radius 3 is 2.68 bits per heavy atom. The summed E-state index contributed by atoms with van der Waals surface area (Å²) in [6.45, 7) is 12.4. The van der Waals surface area contributed by atoms with Crippen molar-refractivity contribution in [2.75, 3.05) is 19.7 Å². The average molecular weight is 270 g/mol. The molecule has 112 valence electrons. The van der Waals surface area contributed by atoms with Crippen LogP contribution in [0.2, 0.25) is 0 Å². The van der Waals surface area contributed by atoms with Crippen molar-refractivity contribution in [2.24, 2.45) is 0 Å². The first kappa shape index (κ1) is 16.4. The highest BCUT2D eigenvalue weighted by Crippen LogP contribution is 2.20. The van der Waals surface area contributed by atoms with Crippen LogP contribution >= 0.6 is 0 Å². The second kappa shape index (κ2) is 7.25. The summed E-state index contributed by atoms with van der Waals surface area (Å²) in [5.41, 5.74) is -0.615. The van der Waals surface area contributed by atoms with E-state index in [1.54, 1.807) is 0 Å². The fourth-order valence-electron chi connectivity index (χ4n) is 2.90. The number of hydrogen-bond acceptors (Lipinski definition) is 4. The summed E-state index contributed by atoms with van der Waals surface area (Å²) in [5, 5.41) is 3.39. The Balaban J connectivity index is 2.75. The van der Waals surface area contributed by atoms with Gasteiger partial charge in [0.1, 0.15) is 5.54 Å². The monoisotopic (exact) mass is 270 g/mol. The Morgan fingerprint density at radius 1 is 1.47 bits per heavy atom. The smallest absolute Gasteiger partial charge is 0.327 e. The van der Waals surface area contributed by atoms with Crippen LogP contribution in [0.1, 0.15) is 53.9 Å². The molecular formula is C15H30N2O2. The van der Waals surface area contributed by atoms with Crippen LogP contribution in [-0.4, -0.2) is 48.2 Å². The van der Waals surface area contributed by atoms with Gasteiger partial charge in [0.15, 0.2) is 0 Å². The number of nitrogens with one attached hydrogen (secondary N) is 1. The molecule has 0 saturated carbocycles. The van der Waals surface area contributed by atoms with Crippen LogP contribution in [0.15, 0.2) is 0 Å². The quantitative estimate of drug-likeness (QED) is 0.751. The topological polar surface area (TPSA) is 41.6 Å². The number of hydrogen-bond donors (Lipinski definition) is 1. The molecule has 1 heterocycles. The van der Waals surface area contributed by atoms with E-state index in [1.165, 1.54) is 19.3 Å². The lowest BCUT2D eigenvalue weighted by atomic mass is 9.96. The molecule has 0 bridgehead atoms. The first-order valence-corrected chi connectivity index (χ1v) is 7.58. The first-order valence-electron chi connectivity index (χ1n) is 7.58. The van der Waals surface area contributed by atoms with Gasteiger partial charge < -0.3 is 4.74 Å². The van der Waals surface area contributed by atoms with Gasteiger partial charge in [-0.15, -0.1) is 0 Å². The summed E-state index contributed by atoms with van der Waals surface area (Å²) >= 11 is 0. The second-order valence-corrected chi connectivity index (χ2v) is 6.17. The van der Waals surface area contributed by atoms with E-state index in [0.29, 0.717) is 12.6 Å². The molecule has 1 aliphatic rings. The number of carbonyl (C=O) groups excluding carboxylic acids is 1. The lowest BCUT2D eigenvalue weighted by molar-refractivity contribution is -0.152. The minimum absolute atomic E-state index is 0.138. The zero-order chi connectivity index (χ0) is 14.5. The normalized spacial score (nSPS) is 24.2. The predicted octanol–water partition coefficient (Wildman–Crippen LogP) is 2.18. The molecule has 4 heteroatoms. The van der Waals surface area contributed by atoms with Crippen molar-refractivity contribution in [2.45, 2.75) is 71.5 Å². The highest BCUT2D eigenvalue weighted by Gasteiger charge is 2.38. The molecule has 0 aromatic heterocycles. The second-order valence-electron chi connectivity index (χ2n) is 6.17. The van der Waals surface area contributed by atoms with E-state index in [2.05, 4.69) is 31.0 Å². The molecule has 1 saturated heterocycles. The van der Waals surface area contributed by atoms with Crippen LogP contribution < -0.4 is 5.32 Å². The van der Waals surface area contributed by atoms with Crippen LogP contribution in [0.25, 0.3) is 0 Å². The molecule has 0 aliphatic carbocycles. The molecule has 4 nitrogen and oxygen atoms in total. The van der Waals surface area contributed by atoms with Crippen LogP contribution in [0.5, 0.6) is 0 Å². The van der Waals surface area contributed by atoms with Crippen LogP contribution in [0.3, 0.4) is 0 Å². The molecule has 0 aromatic rings. The van der Waals surface area contributed by atoms with Gasteiger partial charge in [0.05, 0.1) is 6.61 Å². The fraction of sp³-hybridized carbons (Fsp3) is 0.933. The zero-order valence-corrected chi connectivity index (χ0v) is 13.2. The highest BCUT2D eigenvalue weighted by molar-refractivity contribution is 5.80. The fourth-order valence-corrected chi connectivity index (χ4v) is 2.90. The van der Waals surface area contributed by atoms with E-state index in [-0.39, 0.29) is 12.0 Å². The molecule has 0 radical (unpaired) electrons. The number of esters is 1. The van der Waals surface area contributed by atoms with E-state index in [4.69, 9.17) is 4.74 Å². The van der Waals surface area contributed by atoms with Gasteiger partial charge in [-0.25, -0.2) is 0 Å². The first-order chi connectivity index (χ1) is 8.89. The van der Waals surface area contributed by atoms with E-state index in [1.807, 2.05) is 13.8 Å². The van der Waals surface area contributed by atoms with Crippen molar-refractivity contribution < 1.29 is 9.53 Å². The third kappa shape index (κ3) is 4.77. The molecule has 1 fully saturated rings. The molecule has 0 aromatic carbocycles. The van der Waals surface area contributed by atoms with Crippen molar-refractivity contribution in [3.8, 4) is 0 Å². The van der Waals surface area contributed by atoms with Crippen molar-refractivity contribution in [1.29, 1.82) is 0 Å². The van der Waals surface area contributed by atoms with Crippen LogP contribution in [-0.2, 0) is 9.53 Å². The van der Waals surface area contributed by atoms with E-state index >= 15 is 0 Å². The van der Waals surface area contributed by atoms with E-state index in [9.17, 15) is 4.79 Å². The number of ether oxygens (including phenoxy) is 1. The van der Waals surface area contributed by atoms with Gasteiger partial charge in [-0.3, -0.25) is 15.0 Å². The number of carbonyl (C=O) groups is 1. The van der Waals surface area contributed by atoms with Crippen molar-refractivity contribution in [1.82, 2.24) is 10.2 Å². The Bertz CT molecular complexity index is 294. The third-order valence-electron chi connectivity index (χ3n) is 3.79. The summed E-state index contributed by atoms with van der Waals surface area (Å²) in [5.74, 6) is -0.138. The molecule has 1 N–H and O–H groups in total. The predicted molar refractivity (Wildman–Crippen MR) is 78.2 cm³/mol. The highest BCUT2D eigenvalue weighted by atomic mass is 16.5. The summed E-state index contributed by atoms with van der Waals surface area (Å²) in [6.07, 6.45) is 3.75. The van der Waals surface area contributed by atoms with Gasteiger partial charge in [-0.1, -0.05) is 6.42 Å². The van der Waals surface area contributed by atoms with Crippen LogP contribution in [0, 0.1) is 0 Å². The Kier molecular flexibility index (Phi) is 6.27. The number of nitrogens with zero attached hydrogens (tertiary/aromatic N) is 1. The number of rotatable bonds is 6. The van der Waals surface area contributed by atoms with Crippen molar-refractivity contribution >= 4 is 5.97 Å². The van der Waals surface area contributed by atoms with Gasteiger partial charge in [0.25, 0.3) is 0 Å². The zero-order valence-electron chi connectivity index (χ0n) is 13.2. The minimum atomic E-state index is -0.615. The minimum Gasteiger partial charge on any atom is -0.465 e. The maximum atomic E-state index is 12.3. The summed E-state index contributed by atoms with van der Waals surface area (Å²) in [4.78, 5) is 14.7. The lowest BCUT2D eigenvalue weighted by Gasteiger charge is -2.40. The summed E-state index contributed by atoms with van der Waals surface area (Å²) < 4.78 is 5.26. The Labute approximate surface area is 117 Å². The Hall–Kier alpha value is -0.610. The average Bonchev–Trinajstić information content (AvgIpc) is 2.31. The van der Waals surface area contributed by atoms with Gasteiger partial charge >= 0.3 is 5.97 Å². The molecule has 1 rings (SSSR count). The van der Waals surface area contributed by atoms with Crippen molar-refractivity contribution in [3.63, 3.8) is 0 Å². The van der Waals surface area contributed by atoms with Gasteiger partial charge in [-0.2, -0.15) is 0 Å². The Morgan fingerprint density at radius 2 is 2.16 bits per heavy atom. The molecule has 2 unspecified atom stereocenters.